The molecule has 3 nitrogen and oxygen atoms in total. The Morgan fingerprint density at radius 3 is 2.53 bits per heavy atom. The van der Waals surface area contributed by atoms with Gasteiger partial charge in [-0.1, -0.05) is 12.1 Å². The summed E-state index contributed by atoms with van der Waals surface area (Å²) in [5, 5.41) is 8.64. The first-order chi connectivity index (χ1) is 7.99. The molecule has 0 saturated heterocycles. The van der Waals surface area contributed by atoms with Crippen LogP contribution in [0, 0.1) is 22.6 Å². The van der Waals surface area contributed by atoms with Gasteiger partial charge in [-0.3, -0.25) is 0 Å². The van der Waals surface area contributed by atoms with E-state index in [0.717, 1.165) is 18.9 Å². The fourth-order valence-electron chi connectivity index (χ4n) is 1.89. The minimum absolute atomic E-state index is 0.130. The normalized spacial score (nSPS) is 17.4. The lowest BCUT2D eigenvalue weighted by molar-refractivity contribution is 0.536. The second-order valence-electron chi connectivity index (χ2n) is 4.52. The number of benzene rings is 1. The quantitative estimate of drug-likeness (QED) is 0.827. The molecule has 0 atom stereocenters. The third kappa shape index (κ3) is 2.47. The summed E-state index contributed by atoms with van der Waals surface area (Å²) in [4.78, 5) is -0.260. The van der Waals surface area contributed by atoms with Crippen molar-refractivity contribution in [3.05, 3.63) is 30.1 Å². The van der Waals surface area contributed by atoms with Crippen LogP contribution in [0.2, 0.25) is 0 Å². The molecule has 0 spiro atoms. The van der Waals surface area contributed by atoms with Crippen molar-refractivity contribution in [3.8, 4) is 6.07 Å². The number of rotatable bonds is 4. The number of hydrogen-bond donors (Lipinski definition) is 0. The van der Waals surface area contributed by atoms with Gasteiger partial charge in [-0.25, -0.2) is 12.8 Å². The topological polar surface area (TPSA) is 57.9 Å². The summed E-state index contributed by atoms with van der Waals surface area (Å²) < 4.78 is 37.5. The zero-order valence-electron chi connectivity index (χ0n) is 9.19. The summed E-state index contributed by atoms with van der Waals surface area (Å²) >= 11 is 0. The molecule has 0 N–H and O–H groups in total. The third-order valence-electron chi connectivity index (χ3n) is 3.08. The molecule has 0 aliphatic heterocycles. The van der Waals surface area contributed by atoms with Crippen molar-refractivity contribution in [1.29, 1.82) is 5.26 Å². The highest BCUT2D eigenvalue weighted by atomic mass is 32.2. The first kappa shape index (κ1) is 12.1. The van der Waals surface area contributed by atoms with Crippen LogP contribution in [0.1, 0.15) is 19.3 Å². The molecule has 1 aliphatic carbocycles. The summed E-state index contributed by atoms with van der Waals surface area (Å²) in [7, 11) is -3.63. The zero-order chi connectivity index (χ0) is 12.5. The van der Waals surface area contributed by atoms with Crippen LogP contribution < -0.4 is 0 Å². The number of sulfone groups is 1. The van der Waals surface area contributed by atoms with E-state index in [-0.39, 0.29) is 17.1 Å². The van der Waals surface area contributed by atoms with Crippen LogP contribution in [0.25, 0.3) is 0 Å². The van der Waals surface area contributed by atoms with Crippen molar-refractivity contribution < 1.29 is 12.8 Å². The Hall–Kier alpha value is -1.41. The summed E-state index contributed by atoms with van der Waals surface area (Å²) in [5.41, 5.74) is -0.435. The lowest BCUT2D eigenvalue weighted by atomic mass is 10.1. The Bertz CT molecular complexity index is 570. The largest absolute Gasteiger partial charge is 0.224 e. The highest BCUT2D eigenvalue weighted by Crippen LogP contribution is 2.50. The van der Waals surface area contributed by atoms with Gasteiger partial charge in [0.05, 0.1) is 11.8 Å². The Labute approximate surface area is 99.8 Å². The van der Waals surface area contributed by atoms with Crippen LogP contribution in [-0.4, -0.2) is 14.2 Å². The Kier molecular flexibility index (Phi) is 2.92. The van der Waals surface area contributed by atoms with Crippen molar-refractivity contribution in [2.45, 2.75) is 24.2 Å². The highest BCUT2D eigenvalue weighted by molar-refractivity contribution is 7.91. The Balaban J connectivity index is 2.27. The van der Waals surface area contributed by atoms with Crippen molar-refractivity contribution in [2.24, 2.45) is 5.41 Å². The second kappa shape index (κ2) is 4.11. The molecule has 90 valence electrons. The van der Waals surface area contributed by atoms with Crippen LogP contribution in [0.3, 0.4) is 0 Å². The zero-order valence-corrected chi connectivity index (χ0v) is 10.0. The maximum absolute atomic E-state index is 13.4. The van der Waals surface area contributed by atoms with Gasteiger partial charge in [-0.2, -0.15) is 5.26 Å². The lowest BCUT2D eigenvalue weighted by Gasteiger charge is -2.11. The second-order valence-corrected chi connectivity index (χ2v) is 6.48. The molecule has 1 aromatic rings. The number of halogens is 1. The van der Waals surface area contributed by atoms with E-state index in [2.05, 4.69) is 0 Å². The van der Waals surface area contributed by atoms with Gasteiger partial charge in [0.2, 0.25) is 0 Å². The Morgan fingerprint density at radius 2 is 2.00 bits per heavy atom. The molecule has 1 aliphatic rings. The fourth-order valence-corrected chi connectivity index (χ4v) is 3.90. The Morgan fingerprint density at radius 1 is 1.35 bits per heavy atom. The van der Waals surface area contributed by atoms with Crippen molar-refractivity contribution in [3.63, 3.8) is 0 Å². The molecule has 1 fully saturated rings. The molecule has 0 aromatic heterocycles. The van der Waals surface area contributed by atoms with Crippen LogP contribution in [0.5, 0.6) is 0 Å². The number of nitrogens with zero attached hydrogens (tertiary/aromatic N) is 1. The molecule has 0 bridgehead atoms. The number of hydrogen-bond acceptors (Lipinski definition) is 3. The maximum Gasteiger partial charge on any atom is 0.181 e. The van der Waals surface area contributed by atoms with E-state index in [1.54, 1.807) is 0 Å². The van der Waals surface area contributed by atoms with Crippen molar-refractivity contribution in [2.75, 3.05) is 5.75 Å². The van der Waals surface area contributed by atoms with Gasteiger partial charge < -0.3 is 0 Å². The summed E-state index contributed by atoms with van der Waals surface area (Å²) in [6, 6.07) is 7.36. The first-order valence-corrected chi connectivity index (χ1v) is 6.99. The highest BCUT2D eigenvalue weighted by Gasteiger charge is 2.46. The average Bonchev–Trinajstić information content (AvgIpc) is 2.97. The summed E-state index contributed by atoms with van der Waals surface area (Å²) in [6.45, 7) is 0. The van der Waals surface area contributed by atoms with Crippen molar-refractivity contribution >= 4 is 9.84 Å². The molecule has 0 radical (unpaired) electrons. The van der Waals surface area contributed by atoms with E-state index in [1.807, 2.05) is 6.07 Å². The van der Waals surface area contributed by atoms with E-state index >= 15 is 0 Å². The van der Waals surface area contributed by atoms with Gasteiger partial charge in [-0.15, -0.1) is 0 Å². The van der Waals surface area contributed by atoms with Gasteiger partial charge >= 0.3 is 0 Å². The predicted molar refractivity (Wildman–Crippen MR) is 60.3 cm³/mol. The van der Waals surface area contributed by atoms with E-state index in [9.17, 15) is 12.8 Å². The van der Waals surface area contributed by atoms with Gasteiger partial charge in [0.25, 0.3) is 0 Å². The van der Waals surface area contributed by atoms with Gasteiger partial charge in [0.15, 0.2) is 9.84 Å². The molecule has 1 saturated carbocycles. The molecule has 5 heteroatoms. The smallest absolute Gasteiger partial charge is 0.181 e. The molecular formula is C12H12FNO2S. The van der Waals surface area contributed by atoms with E-state index in [1.165, 1.54) is 18.2 Å². The monoisotopic (exact) mass is 253 g/mol. The summed E-state index contributed by atoms with van der Waals surface area (Å²) in [5.74, 6) is -0.852. The molecule has 0 unspecified atom stereocenters. The fraction of sp³-hybridized carbons (Fsp3) is 0.417. The minimum atomic E-state index is -3.63. The predicted octanol–water partition coefficient (Wildman–Crippen LogP) is 2.29. The lowest BCUT2D eigenvalue weighted by Crippen LogP contribution is -2.18. The minimum Gasteiger partial charge on any atom is -0.224 e. The molecule has 0 heterocycles. The van der Waals surface area contributed by atoms with E-state index in [4.69, 9.17) is 5.26 Å². The summed E-state index contributed by atoms with van der Waals surface area (Å²) in [6.07, 6.45) is 1.68. The molecule has 1 aromatic carbocycles. The van der Waals surface area contributed by atoms with E-state index < -0.39 is 21.1 Å². The van der Waals surface area contributed by atoms with Gasteiger partial charge in [0.1, 0.15) is 10.7 Å². The van der Waals surface area contributed by atoms with Crippen LogP contribution in [0.15, 0.2) is 29.2 Å². The molecular weight excluding hydrogens is 241 g/mol. The van der Waals surface area contributed by atoms with Crippen LogP contribution in [-0.2, 0) is 9.84 Å². The van der Waals surface area contributed by atoms with Gasteiger partial charge in [0, 0.05) is 6.42 Å². The van der Waals surface area contributed by atoms with Crippen LogP contribution in [0.4, 0.5) is 4.39 Å². The van der Waals surface area contributed by atoms with Crippen LogP contribution >= 0.6 is 0 Å². The third-order valence-corrected chi connectivity index (χ3v) is 5.07. The first-order valence-electron chi connectivity index (χ1n) is 5.33. The van der Waals surface area contributed by atoms with E-state index in [0.29, 0.717) is 0 Å². The number of nitriles is 1. The average molecular weight is 253 g/mol. The standard InChI is InChI=1S/C12H12FNO2S/c13-10-3-1-2-4-11(10)17(15,16)9-12(5-6-12)7-8-14/h1-4H,5-7,9H2. The molecule has 17 heavy (non-hydrogen) atoms. The molecule has 2 rings (SSSR count). The van der Waals surface area contributed by atoms with Crippen molar-refractivity contribution in [1.82, 2.24) is 0 Å². The SMILES string of the molecule is N#CCC1(CS(=O)(=O)c2ccccc2F)CC1. The van der Waals surface area contributed by atoms with Gasteiger partial charge in [-0.05, 0) is 30.4 Å². The molecule has 0 amide bonds. The maximum atomic E-state index is 13.4.